The molecule has 0 saturated heterocycles. The zero-order valence-corrected chi connectivity index (χ0v) is 21.2. The van der Waals surface area contributed by atoms with Gasteiger partial charge in [-0.1, -0.05) is 6.07 Å². The Hall–Kier alpha value is -5.09. The van der Waals surface area contributed by atoms with Gasteiger partial charge in [0.05, 0.1) is 41.4 Å². The molecule has 0 fully saturated rings. The number of aromatic amines is 2. The van der Waals surface area contributed by atoms with E-state index in [2.05, 4.69) is 30.5 Å². The van der Waals surface area contributed by atoms with E-state index in [9.17, 15) is 14.3 Å². The van der Waals surface area contributed by atoms with Crippen LogP contribution in [0, 0.1) is 5.82 Å². The summed E-state index contributed by atoms with van der Waals surface area (Å²) in [6.45, 7) is 0.274. The van der Waals surface area contributed by atoms with Crippen LogP contribution in [0.15, 0.2) is 73.3 Å². The number of likely N-dealkylation sites (N-methyl/N-ethyl adjacent to an activating group) is 1. The fourth-order valence-corrected chi connectivity index (χ4v) is 4.69. The lowest BCUT2D eigenvalue weighted by Gasteiger charge is -2.11. The maximum Gasteiger partial charge on any atom is 0.238 e. The number of fused-ring (bicyclic) bond motifs is 2. The minimum absolute atomic E-state index is 0.118. The molecule has 0 saturated carbocycles. The van der Waals surface area contributed by atoms with Gasteiger partial charge in [0.2, 0.25) is 5.91 Å². The van der Waals surface area contributed by atoms with Gasteiger partial charge in [-0.2, -0.15) is 5.10 Å². The highest BCUT2D eigenvalue weighted by atomic mass is 19.1. The van der Waals surface area contributed by atoms with Gasteiger partial charge in [-0.25, -0.2) is 4.39 Å². The minimum atomic E-state index is -0.528. The maximum atomic E-state index is 14.0. The smallest absolute Gasteiger partial charge is 0.238 e. The van der Waals surface area contributed by atoms with Crippen molar-refractivity contribution in [3.63, 3.8) is 0 Å². The summed E-state index contributed by atoms with van der Waals surface area (Å²) in [7, 11) is 3.67. The first-order chi connectivity index (χ1) is 18.8. The molecule has 4 aromatic heterocycles. The van der Waals surface area contributed by atoms with Crippen LogP contribution in [0.5, 0.6) is 5.75 Å². The molecule has 6 aromatic rings. The molecule has 194 valence electrons. The fraction of sp³-hybridized carbons (Fsp3) is 0.103. The van der Waals surface area contributed by atoms with E-state index in [1.807, 2.05) is 44.4 Å². The molecule has 0 aliphatic carbocycles. The van der Waals surface area contributed by atoms with Gasteiger partial charge in [-0.15, -0.1) is 0 Å². The van der Waals surface area contributed by atoms with E-state index in [0.717, 1.165) is 44.7 Å². The van der Waals surface area contributed by atoms with Crippen molar-refractivity contribution < 1.29 is 14.3 Å². The number of rotatable bonds is 6. The van der Waals surface area contributed by atoms with E-state index in [1.54, 1.807) is 29.7 Å². The SMILES string of the molecule is CN(C)CC(=O)Nc1cncc(-c2ccc3[nH]nc(-c4cc5c(-c6cc(O)cc(F)c6)cncc5[nH]4)c3c2)c1. The molecule has 0 aliphatic heterocycles. The van der Waals surface area contributed by atoms with E-state index in [0.29, 0.717) is 22.5 Å². The highest BCUT2D eigenvalue weighted by Crippen LogP contribution is 2.36. The minimum Gasteiger partial charge on any atom is -0.508 e. The molecular weight excluding hydrogens is 497 g/mol. The van der Waals surface area contributed by atoms with Gasteiger partial charge in [-0.3, -0.25) is 19.9 Å². The van der Waals surface area contributed by atoms with Crippen molar-refractivity contribution in [2.75, 3.05) is 26.0 Å². The first kappa shape index (κ1) is 24.3. The molecule has 0 atom stereocenters. The van der Waals surface area contributed by atoms with Crippen molar-refractivity contribution in [3.05, 3.63) is 79.1 Å². The first-order valence-corrected chi connectivity index (χ1v) is 12.2. The average Bonchev–Trinajstić information content (AvgIpc) is 3.51. The number of anilines is 1. The number of aromatic hydroxyl groups is 1. The Morgan fingerprint density at radius 3 is 2.59 bits per heavy atom. The van der Waals surface area contributed by atoms with Gasteiger partial charge in [0.1, 0.15) is 17.3 Å². The van der Waals surface area contributed by atoms with Crippen molar-refractivity contribution in [2.24, 2.45) is 0 Å². The Labute approximate surface area is 222 Å². The largest absolute Gasteiger partial charge is 0.508 e. The molecule has 4 N–H and O–H groups in total. The molecule has 2 aromatic carbocycles. The van der Waals surface area contributed by atoms with E-state index in [1.165, 1.54) is 12.1 Å². The summed E-state index contributed by atoms with van der Waals surface area (Å²) >= 11 is 0. The van der Waals surface area contributed by atoms with Gasteiger partial charge in [0, 0.05) is 40.4 Å². The molecule has 39 heavy (non-hydrogen) atoms. The molecule has 4 heterocycles. The number of hydrogen-bond donors (Lipinski definition) is 4. The number of phenols is 1. The van der Waals surface area contributed by atoms with Crippen LogP contribution >= 0.6 is 0 Å². The average molecular weight is 522 g/mol. The van der Waals surface area contributed by atoms with Crippen LogP contribution in [-0.2, 0) is 4.79 Å². The van der Waals surface area contributed by atoms with Crippen molar-refractivity contribution >= 4 is 33.4 Å². The van der Waals surface area contributed by atoms with Crippen LogP contribution in [0.3, 0.4) is 0 Å². The molecule has 1 amide bonds. The number of nitrogens with one attached hydrogen (secondary N) is 3. The summed E-state index contributed by atoms with van der Waals surface area (Å²) < 4.78 is 14.0. The second-order valence-electron chi connectivity index (χ2n) is 9.61. The summed E-state index contributed by atoms with van der Waals surface area (Å²) in [5.74, 6) is -0.800. The quantitative estimate of drug-likeness (QED) is 0.240. The predicted octanol–water partition coefficient (Wildman–Crippen LogP) is 5.18. The molecule has 0 aliphatic rings. The summed E-state index contributed by atoms with van der Waals surface area (Å²) in [5.41, 5.74) is 6.65. The Balaban J connectivity index is 1.39. The number of H-pyrrole nitrogens is 2. The topological polar surface area (TPSA) is 123 Å². The van der Waals surface area contributed by atoms with Crippen molar-refractivity contribution in [2.45, 2.75) is 0 Å². The Morgan fingerprint density at radius 2 is 1.77 bits per heavy atom. The highest BCUT2D eigenvalue weighted by molar-refractivity contribution is 6.01. The number of halogens is 1. The third-order valence-electron chi connectivity index (χ3n) is 6.37. The molecular formula is C29H24FN7O2. The molecule has 6 rings (SSSR count). The summed E-state index contributed by atoms with van der Waals surface area (Å²) in [4.78, 5) is 26.0. The molecule has 0 radical (unpaired) electrons. The Bertz CT molecular complexity index is 1840. The van der Waals surface area contributed by atoms with Crippen LogP contribution in [0.2, 0.25) is 0 Å². The molecule has 0 spiro atoms. The number of benzene rings is 2. The zero-order valence-electron chi connectivity index (χ0n) is 21.2. The van der Waals surface area contributed by atoms with E-state index in [-0.39, 0.29) is 18.2 Å². The van der Waals surface area contributed by atoms with Crippen molar-refractivity contribution in [1.82, 2.24) is 30.0 Å². The summed E-state index contributed by atoms with van der Waals surface area (Å²) in [6, 6.07) is 13.7. The van der Waals surface area contributed by atoms with Crippen LogP contribution < -0.4 is 5.32 Å². The predicted molar refractivity (Wildman–Crippen MR) is 149 cm³/mol. The van der Waals surface area contributed by atoms with Crippen molar-refractivity contribution in [1.29, 1.82) is 0 Å². The fourth-order valence-electron chi connectivity index (χ4n) is 4.69. The highest BCUT2D eigenvalue weighted by Gasteiger charge is 2.16. The number of carbonyl (C=O) groups is 1. The van der Waals surface area contributed by atoms with E-state index in [4.69, 9.17) is 0 Å². The van der Waals surface area contributed by atoms with E-state index < -0.39 is 5.82 Å². The first-order valence-electron chi connectivity index (χ1n) is 12.2. The lowest BCUT2D eigenvalue weighted by Crippen LogP contribution is -2.27. The molecule has 10 heteroatoms. The monoisotopic (exact) mass is 521 g/mol. The van der Waals surface area contributed by atoms with Crippen molar-refractivity contribution in [3.8, 4) is 39.4 Å². The maximum absolute atomic E-state index is 14.0. The number of aromatic nitrogens is 5. The number of carbonyl (C=O) groups excluding carboxylic acids is 1. The second-order valence-corrected chi connectivity index (χ2v) is 9.61. The van der Waals surface area contributed by atoms with Gasteiger partial charge < -0.3 is 20.3 Å². The summed E-state index contributed by atoms with van der Waals surface area (Å²) in [6.07, 6.45) is 6.71. The van der Waals surface area contributed by atoms with Crippen LogP contribution in [0.25, 0.3) is 55.4 Å². The summed E-state index contributed by atoms with van der Waals surface area (Å²) in [5, 5.41) is 22.1. The third-order valence-corrected chi connectivity index (χ3v) is 6.37. The number of pyridine rings is 2. The normalized spacial score (nSPS) is 11.5. The molecule has 0 bridgehead atoms. The standard InChI is InChI=1S/C29H24FN7O2/c1-37(2)15-28(39)33-20-6-18(11-31-12-20)16-3-4-25-23(8-16)29(36-35-25)26-10-22-24(13-32-14-27(22)34-26)17-5-19(30)9-21(38)7-17/h3-14,34,38H,15H2,1-2H3,(H,33,39)(H,35,36). The van der Waals surface area contributed by atoms with Gasteiger partial charge in [0.25, 0.3) is 0 Å². The number of phenolic OH excluding ortho intramolecular Hbond substituents is 1. The third kappa shape index (κ3) is 4.80. The van der Waals surface area contributed by atoms with Gasteiger partial charge in [0.15, 0.2) is 0 Å². The second kappa shape index (κ2) is 9.66. The van der Waals surface area contributed by atoms with Gasteiger partial charge >= 0.3 is 0 Å². The number of hydrogen-bond acceptors (Lipinski definition) is 6. The molecule has 9 nitrogen and oxygen atoms in total. The Kier molecular flexibility index (Phi) is 6.01. The molecule has 0 unspecified atom stereocenters. The zero-order chi connectivity index (χ0) is 27.1. The number of amides is 1. The van der Waals surface area contributed by atoms with Crippen LogP contribution in [0.1, 0.15) is 0 Å². The van der Waals surface area contributed by atoms with Crippen LogP contribution in [-0.4, -0.2) is 61.7 Å². The van der Waals surface area contributed by atoms with E-state index >= 15 is 0 Å². The Morgan fingerprint density at radius 1 is 0.923 bits per heavy atom. The van der Waals surface area contributed by atoms with Gasteiger partial charge in [-0.05, 0) is 61.6 Å². The number of nitrogens with zero attached hydrogens (tertiary/aromatic N) is 4. The lowest BCUT2D eigenvalue weighted by atomic mass is 10.0. The lowest BCUT2D eigenvalue weighted by molar-refractivity contribution is -0.116. The van der Waals surface area contributed by atoms with Crippen LogP contribution in [0.4, 0.5) is 10.1 Å².